The maximum Gasteiger partial charge on any atom is 0.303 e. The Labute approximate surface area is 175 Å². The molecule has 2 fully saturated rings. The summed E-state index contributed by atoms with van der Waals surface area (Å²) in [6, 6.07) is 2.89. The SMILES string of the molecule is CCC(C)N1C(=O)C2C(CCC(=O)O)NC3(C(=O)Nc4c3ccc(C)c4C)C2C1=O. The monoisotopic (exact) mass is 413 g/mol. The van der Waals surface area contributed by atoms with Crippen LogP contribution in [0.1, 0.15) is 49.8 Å². The number of amides is 3. The number of benzene rings is 1. The van der Waals surface area contributed by atoms with Crippen LogP contribution in [0.5, 0.6) is 0 Å². The molecule has 4 rings (SSSR count). The summed E-state index contributed by atoms with van der Waals surface area (Å²) < 4.78 is 0. The van der Waals surface area contributed by atoms with E-state index >= 15 is 0 Å². The van der Waals surface area contributed by atoms with Gasteiger partial charge in [-0.05, 0) is 44.7 Å². The molecule has 1 aromatic rings. The predicted octanol–water partition coefficient (Wildman–Crippen LogP) is 1.69. The number of imide groups is 1. The number of carbonyl (C=O) groups is 4. The zero-order valence-electron chi connectivity index (χ0n) is 17.6. The normalized spacial score (nSPS) is 30.6. The summed E-state index contributed by atoms with van der Waals surface area (Å²) in [5.41, 5.74) is 1.90. The molecule has 160 valence electrons. The highest BCUT2D eigenvalue weighted by atomic mass is 16.4. The van der Waals surface area contributed by atoms with Gasteiger partial charge in [-0.3, -0.25) is 29.4 Å². The number of aryl methyl sites for hydroxylation is 1. The second-order valence-electron chi connectivity index (χ2n) is 8.68. The summed E-state index contributed by atoms with van der Waals surface area (Å²) in [5.74, 6) is -3.65. The van der Waals surface area contributed by atoms with Crippen molar-refractivity contribution in [3.8, 4) is 0 Å². The van der Waals surface area contributed by atoms with E-state index in [1.54, 1.807) is 0 Å². The van der Waals surface area contributed by atoms with Crippen LogP contribution >= 0.6 is 0 Å². The summed E-state index contributed by atoms with van der Waals surface area (Å²) >= 11 is 0. The van der Waals surface area contributed by atoms with E-state index in [0.717, 1.165) is 11.1 Å². The quantitative estimate of drug-likeness (QED) is 0.633. The maximum atomic E-state index is 13.5. The average Bonchev–Trinajstić information content (AvgIpc) is 3.28. The van der Waals surface area contributed by atoms with E-state index in [0.29, 0.717) is 17.7 Å². The molecule has 3 aliphatic heterocycles. The molecule has 0 bridgehead atoms. The molecule has 3 N–H and O–H groups in total. The van der Waals surface area contributed by atoms with Crippen molar-refractivity contribution in [2.45, 2.75) is 64.6 Å². The molecule has 0 saturated carbocycles. The van der Waals surface area contributed by atoms with Crippen molar-refractivity contribution >= 4 is 29.4 Å². The zero-order chi connectivity index (χ0) is 22.0. The van der Waals surface area contributed by atoms with Gasteiger partial charge >= 0.3 is 5.97 Å². The van der Waals surface area contributed by atoms with Gasteiger partial charge in [-0.25, -0.2) is 0 Å². The molecule has 1 spiro atoms. The Morgan fingerprint density at radius 2 is 1.93 bits per heavy atom. The lowest BCUT2D eigenvalue weighted by Crippen LogP contribution is -2.54. The summed E-state index contributed by atoms with van der Waals surface area (Å²) in [5, 5.41) is 15.4. The smallest absolute Gasteiger partial charge is 0.303 e. The molecule has 0 aromatic heterocycles. The van der Waals surface area contributed by atoms with Crippen molar-refractivity contribution in [1.29, 1.82) is 0 Å². The number of likely N-dealkylation sites (tertiary alicyclic amines) is 1. The number of carboxylic acid groups (broad SMARTS) is 1. The minimum atomic E-state index is -1.36. The molecule has 1 aromatic carbocycles. The van der Waals surface area contributed by atoms with E-state index < -0.39 is 29.4 Å². The number of fused-ring (bicyclic) bond motifs is 4. The average molecular weight is 413 g/mol. The van der Waals surface area contributed by atoms with E-state index in [1.165, 1.54) is 4.90 Å². The van der Waals surface area contributed by atoms with Crippen molar-refractivity contribution in [3.63, 3.8) is 0 Å². The highest BCUT2D eigenvalue weighted by molar-refractivity contribution is 6.15. The van der Waals surface area contributed by atoms with Crippen LogP contribution in [0.15, 0.2) is 12.1 Å². The van der Waals surface area contributed by atoms with Crippen LogP contribution in [-0.4, -0.2) is 45.8 Å². The summed E-state index contributed by atoms with van der Waals surface area (Å²) in [7, 11) is 0. The number of aliphatic carboxylic acids is 1. The molecular weight excluding hydrogens is 386 g/mol. The van der Waals surface area contributed by atoms with E-state index in [-0.39, 0.29) is 36.6 Å². The minimum Gasteiger partial charge on any atom is -0.481 e. The second kappa shape index (κ2) is 6.91. The Morgan fingerprint density at radius 3 is 2.57 bits per heavy atom. The number of hydrogen-bond acceptors (Lipinski definition) is 5. The van der Waals surface area contributed by atoms with Gasteiger partial charge in [0.05, 0.1) is 11.8 Å². The van der Waals surface area contributed by atoms with Crippen molar-refractivity contribution in [2.75, 3.05) is 5.32 Å². The number of anilines is 1. The Kier molecular flexibility index (Phi) is 4.73. The fourth-order valence-corrected chi connectivity index (χ4v) is 5.29. The Bertz CT molecular complexity index is 974. The van der Waals surface area contributed by atoms with Crippen LogP contribution < -0.4 is 10.6 Å². The fourth-order valence-electron chi connectivity index (χ4n) is 5.29. The van der Waals surface area contributed by atoms with Crippen LogP contribution in [0, 0.1) is 25.7 Å². The molecule has 5 unspecified atom stereocenters. The molecule has 3 aliphatic rings. The zero-order valence-corrected chi connectivity index (χ0v) is 17.6. The lowest BCUT2D eigenvalue weighted by atomic mass is 9.76. The molecule has 3 heterocycles. The summed E-state index contributed by atoms with van der Waals surface area (Å²) in [6.45, 7) is 7.58. The van der Waals surface area contributed by atoms with Gasteiger partial charge in [-0.2, -0.15) is 0 Å². The van der Waals surface area contributed by atoms with Crippen molar-refractivity contribution in [1.82, 2.24) is 10.2 Å². The van der Waals surface area contributed by atoms with Gasteiger partial charge in [0.2, 0.25) is 17.7 Å². The van der Waals surface area contributed by atoms with Crippen LogP contribution in [0.2, 0.25) is 0 Å². The Morgan fingerprint density at radius 1 is 1.23 bits per heavy atom. The first-order valence-electron chi connectivity index (χ1n) is 10.4. The number of nitrogens with zero attached hydrogens (tertiary/aromatic N) is 1. The molecular formula is C22H27N3O5. The Hall–Kier alpha value is -2.74. The lowest BCUT2D eigenvalue weighted by Gasteiger charge is -2.31. The van der Waals surface area contributed by atoms with Gasteiger partial charge in [0, 0.05) is 29.8 Å². The third-order valence-corrected chi connectivity index (χ3v) is 7.16. The first kappa shape index (κ1) is 20.5. The van der Waals surface area contributed by atoms with Crippen molar-refractivity contribution in [2.24, 2.45) is 11.8 Å². The molecule has 30 heavy (non-hydrogen) atoms. The highest BCUT2D eigenvalue weighted by Gasteiger charge is 2.70. The third kappa shape index (κ3) is 2.56. The maximum absolute atomic E-state index is 13.5. The summed E-state index contributed by atoms with van der Waals surface area (Å²) in [4.78, 5) is 52.7. The first-order chi connectivity index (χ1) is 14.1. The second-order valence-corrected chi connectivity index (χ2v) is 8.68. The van der Waals surface area contributed by atoms with E-state index in [1.807, 2.05) is 39.8 Å². The number of carbonyl (C=O) groups excluding carboxylic acids is 3. The number of carboxylic acids is 1. The van der Waals surface area contributed by atoms with Gasteiger partial charge in [0.1, 0.15) is 5.54 Å². The largest absolute Gasteiger partial charge is 0.481 e. The lowest BCUT2D eigenvalue weighted by molar-refractivity contribution is -0.145. The fraction of sp³-hybridized carbons (Fsp3) is 0.545. The molecule has 5 atom stereocenters. The van der Waals surface area contributed by atoms with Gasteiger partial charge in [0.15, 0.2) is 0 Å². The number of nitrogens with one attached hydrogen (secondary N) is 2. The highest BCUT2D eigenvalue weighted by Crippen LogP contribution is 2.54. The molecule has 0 aliphatic carbocycles. The molecule has 0 radical (unpaired) electrons. The standard InChI is InChI=1S/C22H27N3O5/c1-5-11(3)25-19(28)16-14(8-9-15(26)27)24-22(17(16)20(25)29)13-7-6-10(2)12(4)18(13)23-21(22)30/h6-7,11,14,16-17,24H,5,8-9H2,1-4H3,(H,23,30)(H,26,27). The van der Waals surface area contributed by atoms with Crippen molar-refractivity contribution in [3.05, 3.63) is 28.8 Å². The van der Waals surface area contributed by atoms with Crippen LogP contribution in [0.25, 0.3) is 0 Å². The van der Waals surface area contributed by atoms with Crippen LogP contribution in [-0.2, 0) is 24.7 Å². The van der Waals surface area contributed by atoms with E-state index in [4.69, 9.17) is 0 Å². The molecule has 3 amide bonds. The third-order valence-electron chi connectivity index (χ3n) is 7.16. The van der Waals surface area contributed by atoms with Gasteiger partial charge < -0.3 is 10.4 Å². The summed E-state index contributed by atoms with van der Waals surface area (Å²) in [6.07, 6.45) is 0.625. The predicted molar refractivity (Wildman–Crippen MR) is 109 cm³/mol. The topological polar surface area (TPSA) is 116 Å². The van der Waals surface area contributed by atoms with Crippen LogP contribution in [0.3, 0.4) is 0 Å². The molecule has 8 heteroatoms. The van der Waals surface area contributed by atoms with Gasteiger partial charge in [0.25, 0.3) is 0 Å². The van der Waals surface area contributed by atoms with E-state index in [2.05, 4.69) is 10.6 Å². The van der Waals surface area contributed by atoms with Crippen LogP contribution in [0.4, 0.5) is 5.69 Å². The molecule has 2 saturated heterocycles. The van der Waals surface area contributed by atoms with Gasteiger partial charge in [-0.1, -0.05) is 19.1 Å². The Balaban J connectivity index is 1.87. The number of rotatable bonds is 5. The van der Waals surface area contributed by atoms with Gasteiger partial charge in [-0.15, -0.1) is 0 Å². The van der Waals surface area contributed by atoms with Crippen molar-refractivity contribution < 1.29 is 24.3 Å². The molecule has 8 nitrogen and oxygen atoms in total. The number of hydrogen-bond donors (Lipinski definition) is 3. The first-order valence-corrected chi connectivity index (χ1v) is 10.4. The minimum absolute atomic E-state index is 0.150. The van der Waals surface area contributed by atoms with E-state index in [9.17, 15) is 24.3 Å².